The minimum atomic E-state index is -4.96. The van der Waals surface area contributed by atoms with E-state index in [0.717, 1.165) is 109 Å². The zero-order chi connectivity index (χ0) is 70.7. The number of aliphatic hydroxyl groups is 1. The van der Waals surface area contributed by atoms with Crippen molar-refractivity contribution in [3.05, 3.63) is 0 Å². The summed E-state index contributed by atoms with van der Waals surface area (Å²) in [5, 5.41) is 10.6. The number of ether oxygens (including phenoxy) is 4. The molecule has 0 radical (unpaired) electrons. The fraction of sp³-hybridized carbons (Fsp3) is 0.948. The van der Waals surface area contributed by atoms with Crippen molar-refractivity contribution in [1.29, 1.82) is 0 Å². The summed E-state index contributed by atoms with van der Waals surface area (Å²) in [6.07, 6.45) is 57.3. The van der Waals surface area contributed by atoms with Crippen molar-refractivity contribution < 1.29 is 80.2 Å². The van der Waals surface area contributed by atoms with Crippen LogP contribution < -0.4 is 0 Å². The first kappa shape index (κ1) is 94.1. The monoisotopic (exact) mass is 1410 g/mol. The minimum absolute atomic E-state index is 0.103. The first-order valence-electron chi connectivity index (χ1n) is 40.0. The Bertz CT molecular complexity index is 1860. The van der Waals surface area contributed by atoms with Gasteiger partial charge in [0.05, 0.1) is 26.4 Å². The molecule has 0 aromatic rings. The van der Waals surface area contributed by atoms with Gasteiger partial charge >= 0.3 is 39.5 Å². The second-order valence-electron chi connectivity index (χ2n) is 28.7. The summed E-state index contributed by atoms with van der Waals surface area (Å²) in [6.45, 7) is 9.53. The molecule has 17 nitrogen and oxygen atoms in total. The fourth-order valence-corrected chi connectivity index (χ4v) is 13.4. The maximum Gasteiger partial charge on any atom is 0.472 e. The second kappa shape index (κ2) is 68.8. The minimum Gasteiger partial charge on any atom is -0.462 e. The third kappa shape index (κ3) is 70.5. The van der Waals surface area contributed by atoms with Crippen LogP contribution >= 0.6 is 15.6 Å². The lowest BCUT2D eigenvalue weighted by atomic mass is 10.0. The van der Waals surface area contributed by atoms with Crippen molar-refractivity contribution >= 4 is 39.5 Å². The van der Waals surface area contributed by atoms with Crippen LogP contribution in [0, 0.1) is 11.8 Å². The molecule has 3 N–H and O–H groups in total. The van der Waals surface area contributed by atoms with Crippen molar-refractivity contribution in [3.8, 4) is 0 Å². The van der Waals surface area contributed by atoms with E-state index >= 15 is 0 Å². The van der Waals surface area contributed by atoms with Crippen molar-refractivity contribution in [2.45, 2.75) is 419 Å². The summed E-state index contributed by atoms with van der Waals surface area (Å²) >= 11 is 0. The van der Waals surface area contributed by atoms with E-state index in [2.05, 4.69) is 41.5 Å². The molecule has 0 aromatic heterocycles. The molecular weight excluding hydrogens is 1260 g/mol. The van der Waals surface area contributed by atoms with Gasteiger partial charge in [-0.05, 0) is 37.5 Å². The molecule has 0 saturated heterocycles. The first-order chi connectivity index (χ1) is 46.4. The standard InChI is InChI=1S/C77H150O17P2/c1-7-9-11-13-15-16-17-18-19-20-24-27-30-33-36-42-48-54-60-75(80)88-66-73(93-76(81)61-55-49-43-37-34-31-28-25-22-21-23-26-29-32-35-40-45-51-57-69(3)4)68-92-96(85,86)90-64-71(78)63-89-95(83,84)91-67-72(65-87-74(79)59-53-47-39-14-12-10-8-2)94-77(82)62-56-50-44-38-41-46-52-58-70(5)6/h69-73,78H,7-68H2,1-6H3,(H,83,84)(H,85,86)/t71-,72+,73+/m0/s1. The normalized spacial score (nSPS) is 14.0. The third-order valence-corrected chi connectivity index (χ3v) is 19.9. The molecule has 0 amide bonds. The van der Waals surface area contributed by atoms with Crippen LogP contribution in [0.25, 0.3) is 0 Å². The Balaban J connectivity index is 5.15. The quantitative estimate of drug-likeness (QED) is 0.0222. The van der Waals surface area contributed by atoms with E-state index in [1.807, 2.05) is 0 Å². The van der Waals surface area contributed by atoms with Gasteiger partial charge in [0.2, 0.25) is 0 Å². The van der Waals surface area contributed by atoms with E-state index in [4.69, 9.17) is 37.0 Å². The highest BCUT2D eigenvalue weighted by Crippen LogP contribution is 2.45. The van der Waals surface area contributed by atoms with Gasteiger partial charge in [0.1, 0.15) is 19.3 Å². The molecule has 19 heteroatoms. The Hall–Kier alpha value is -1.94. The number of carbonyl (C=O) groups is 4. The van der Waals surface area contributed by atoms with Crippen molar-refractivity contribution in [2.75, 3.05) is 39.6 Å². The summed E-state index contributed by atoms with van der Waals surface area (Å²) < 4.78 is 68.4. The SMILES string of the molecule is CCCCCCCCCCCCCCCCCCCCC(=O)OC[C@H](COP(=O)(O)OC[C@@H](O)COP(=O)(O)OC[C@@H](COC(=O)CCCCCCCCC)OC(=O)CCCCCCCCCC(C)C)OC(=O)CCCCCCCCCCCCCCCCCCCCC(C)C. The highest BCUT2D eigenvalue weighted by molar-refractivity contribution is 7.47. The predicted molar refractivity (Wildman–Crippen MR) is 391 cm³/mol. The maximum absolute atomic E-state index is 13.1. The topological polar surface area (TPSA) is 237 Å². The lowest BCUT2D eigenvalue weighted by molar-refractivity contribution is -0.161. The smallest absolute Gasteiger partial charge is 0.462 e. The zero-order valence-corrected chi connectivity index (χ0v) is 64.5. The van der Waals surface area contributed by atoms with Gasteiger partial charge in [0.25, 0.3) is 0 Å². The number of unbranched alkanes of at least 4 members (excludes halogenated alkanes) is 46. The molecule has 0 aliphatic carbocycles. The van der Waals surface area contributed by atoms with E-state index in [1.54, 1.807) is 0 Å². The van der Waals surface area contributed by atoms with Crippen LogP contribution in [0.4, 0.5) is 0 Å². The molecule has 0 aliphatic rings. The summed E-state index contributed by atoms with van der Waals surface area (Å²) in [7, 11) is -9.90. The number of hydrogen-bond donors (Lipinski definition) is 3. The molecule has 0 aromatic carbocycles. The van der Waals surface area contributed by atoms with Crippen molar-refractivity contribution in [2.24, 2.45) is 11.8 Å². The first-order valence-corrected chi connectivity index (χ1v) is 43.0. The van der Waals surface area contributed by atoms with Crippen LogP contribution in [0.15, 0.2) is 0 Å². The molecule has 0 aliphatic heterocycles. The van der Waals surface area contributed by atoms with Crippen LogP contribution in [0.1, 0.15) is 401 Å². The molecule has 2 unspecified atom stereocenters. The van der Waals surface area contributed by atoms with Gasteiger partial charge in [-0.15, -0.1) is 0 Å². The average Bonchev–Trinajstić information content (AvgIpc) is 1.22. The second-order valence-corrected chi connectivity index (χ2v) is 31.6. The Labute approximate surface area is 588 Å². The number of phosphoric ester groups is 2. The number of rotatable bonds is 76. The molecule has 570 valence electrons. The number of carbonyl (C=O) groups excluding carboxylic acids is 4. The predicted octanol–water partition coefficient (Wildman–Crippen LogP) is 22.7. The molecule has 96 heavy (non-hydrogen) atoms. The van der Waals surface area contributed by atoms with Gasteiger partial charge in [-0.1, -0.05) is 350 Å². The average molecular weight is 1410 g/mol. The summed E-state index contributed by atoms with van der Waals surface area (Å²) in [5.41, 5.74) is 0. The largest absolute Gasteiger partial charge is 0.472 e. The van der Waals surface area contributed by atoms with Crippen LogP contribution in [0.3, 0.4) is 0 Å². The molecule has 5 atom stereocenters. The molecule has 0 saturated carbocycles. The van der Waals surface area contributed by atoms with E-state index in [1.165, 1.54) is 205 Å². The van der Waals surface area contributed by atoms with Gasteiger partial charge in [-0.2, -0.15) is 0 Å². The number of esters is 4. The van der Waals surface area contributed by atoms with E-state index in [9.17, 15) is 43.2 Å². The van der Waals surface area contributed by atoms with Crippen LogP contribution in [0.2, 0.25) is 0 Å². The maximum atomic E-state index is 13.1. The Morgan fingerprint density at radius 3 is 0.708 bits per heavy atom. The zero-order valence-electron chi connectivity index (χ0n) is 62.7. The van der Waals surface area contributed by atoms with E-state index in [-0.39, 0.29) is 25.7 Å². The highest BCUT2D eigenvalue weighted by atomic mass is 31.2. The van der Waals surface area contributed by atoms with Crippen LogP contribution in [-0.4, -0.2) is 96.7 Å². The van der Waals surface area contributed by atoms with Gasteiger partial charge in [-0.3, -0.25) is 37.3 Å². The number of aliphatic hydroxyl groups excluding tert-OH is 1. The van der Waals surface area contributed by atoms with Crippen LogP contribution in [0.5, 0.6) is 0 Å². The molecule has 0 spiro atoms. The van der Waals surface area contributed by atoms with Crippen molar-refractivity contribution in [3.63, 3.8) is 0 Å². The van der Waals surface area contributed by atoms with Gasteiger partial charge in [-0.25, -0.2) is 9.13 Å². The molecule has 0 bridgehead atoms. The Morgan fingerprint density at radius 1 is 0.281 bits per heavy atom. The summed E-state index contributed by atoms with van der Waals surface area (Å²) in [6, 6.07) is 0. The molecule has 0 fully saturated rings. The van der Waals surface area contributed by atoms with Crippen molar-refractivity contribution in [1.82, 2.24) is 0 Å². The fourth-order valence-electron chi connectivity index (χ4n) is 11.8. The highest BCUT2D eigenvalue weighted by Gasteiger charge is 2.30. The lowest BCUT2D eigenvalue weighted by Crippen LogP contribution is -2.30. The molecule has 0 heterocycles. The van der Waals surface area contributed by atoms with Gasteiger partial charge in [0, 0.05) is 25.7 Å². The Morgan fingerprint density at radius 2 is 0.479 bits per heavy atom. The Kier molecular flexibility index (Phi) is 67.4. The molecule has 0 rings (SSSR count). The van der Waals surface area contributed by atoms with E-state index in [0.29, 0.717) is 31.6 Å². The molecular formula is C77H150O17P2. The van der Waals surface area contributed by atoms with E-state index < -0.39 is 97.5 Å². The van der Waals surface area contributed by atoms with Gasteiger partial charge < -0.3 is 33.8 Å². The van der Waals surface area contributed by atoms with Crippen LogP contribution in [-0.2, 0) is 65.4 Å². The summed E-state index contributed by atoms with van der Waals surface area (Å²) in [5.74, 6) is -0.606. The lowest BCUT2D eigenvalue weighted by Gasteiger charge is -2.21. The van der Waals surface area contributed by atoms with Gasteiger partial charge in [0.15, 0.2) is 12.2 Å². The summed E-state index contributed by atoms with van der Waals surface area (Å²) in [4.78, 5) is 72.6. The number of phosphoric acid groups is 2. The third-order valence-electron chi connectivity index (χ3n) is 18.0. The number of hydrogen-bond acceptors (Lipinski definition) is 15.